The van der Waals surface area contributed by atoms with E-state index in [-0.39, 0.29) is 18.1 Å². The highest BCUT2D eigenvalue weighted by atomic mass is 31.2. The quantitative estimate of drug-likeness (QED) is 0.673. The van der Waals surface area contributed by atoms with Crippen LogP contribution >= 0.6 is 7.60 Å². The molecule has 6 heteroatoms. The maximum atomic E-state index is 10.6. The molecular weight excluding hydrogens is 219 g/mol. The first-order chi connectivity index (χ1) is 6.88. The zero-order valence-electron chi connectivity index (χ0n) is 7.83. The minimum absolute atomic E-state index is 0.162. The lowest BCUT2D eigenvalue weighted by Gasteiger charge is -2.03. The van der Waals surface area contributed by atoms with Gasteiger partial charge in [-0.2, -0.15) is 0 Å². The maximum Gasteiger partial charge on any atom is 0.335 e. The number of rotatable bonds is 4. The van der Waals surface area contributed by atoms with Crippen LogP contribution in [0.5, 0.6) is 0 Å². The molecule has 1 aromatic carbocycles. The number of hydrogen-bond acceptors (Lipinski definition) is 2. The maximum absolute atomic E-state index is 10.6. The summed E-state index contributed by atoms with van der Waals surface area (Å²) < 4.78 is 10.6. The predicted molar refractivity (Wildman–Crippen MR) is 54.0 cm³/mol. The third-order valence-electron chi connectivity index (χ3n) is 1.89. The van der Waals surface area contributed by atoms with Gasteiger partial charge in [-0.05, 0) is 24.1 Å². The van der Waals surface area contributed by atoms with Crippen molar-refractivity contribution in [3.8, 4) is 0 Å². The number of aromatic carboxylic acids is 1. The Morgan fingerprint density at radius 3 is 2.13 bits per heavy atom. The minimum Gasteiger partial charge on any atom is -0.478 e. The summed E-state index contributed by atoms with van der Waals surface area (Å²) in [4.78, 5) is 27.8. The molecule has 0 aliphatic rings. The summed E-state index contributed by atoms with van der Waals surface area (Å²) in [6, 6.07) is 5.94. The Balaban J connectivity index is 2.65. The SMILES string of the molecule is O=C(O)c1ccc(CCP(=O)(O)O)cc1. The molecule has 0 radical (unpaired) electrons. The largest absolute Gasteiger partial charge is 0.478 e. The van der Waals surface area contributed by atoms with Gasteiger partial charge in [0.1, 0.15) is 0 Å². The topological polar surface area (TPSA) is 94.8 Å². The van der Waals surface area contributed by atoms with Gasteiger partial charge in [0, 0.05) is 0 Å². The van der Waals surface area contributed by atoms with Gasteiger partial charge in [-0.15, -0.1) is 0 Å². The third kappa shape index (κ3) is 4.25. The molecule has 0 unspecified atom stereocenters. The second-order valence-electron chi connectivity index (χ2n) is 3.14. The lowest BCUT2D eigenvalue weighted by atomic mass is 10.1. The number of benzene rings is 1. The standard InChI is InChI=1S/C9H11O5P/c10-9(11)8-3-1-7(2-4-8)5-6-15(12,13)14/h1-4H,5-6H2,(H,10,11)(H2,12,13,14). The molecule has 15 heavy (non-hydrogen) atoms. The van der Waals surface area contributed by atoms with E-state index in [1.165, 1.54) is 12.1 Å². The minimum atomic E-state index is -3.98. The molecule has 0 amide bonds. The molecule has 0 aromatic heterocycles. The van der Waals surface area contributed by atoms with Crippen molar-refractivity contribution in [3.63, 3.8) is 0 Å². The number of carboxylic acids is 1. The average molecular weight is 230 g/mol. The zero-order valence-corrected chi connectivity index (χ0v) is 8.72. The van der Waals surface area contributed by atoms with E-state index in [0.717, 1.165) is 0 Å². The van der Waals surface area contributed by atoms with Crippen molar-refractivity contribution in [2.45, 2.75) is 6.42 Å². The lowest BCUT2D eigenvalue weighted by Crippen LogP contribution is -1.97. The van der Waals surface area contributed by atoms with Gasteiger partial charge in [0.25, 0.3) is 0 Å². The van der Waals surface area contributed by atoms with Crippen molar-refractivity contribution in [1.29, 1.82) is 0 Å². The monoisotopic (exact) mass is 230 g/mol. The summed E-state index contributed by atoms with van der Waals surface area (Å²) in [5.74, 6) is -1.02. The Hall–Kier alpha value is -1.16. The first-order valence-electron chi connectivity index (χ1n) is 4.25. The fourth-order valence-corrected chi connectivity index (χ4v) is 1.64. The molecule has 1 aromatic rings. The second-order valence-corrected chi connectivity index (χ2v) is 4.92. The highest BCUT2D eigenvalue weighted by molar-refractivity contribution is 7.51. The van der Waals surface area contributed by atoms with E-state index in [1.54, 1.807) is 12.1 Å². The van der Waals surface area contributed by atoms with Gasteiger partial charge in [0.2, 0.25) is 0 Å². The zero-order chi connectivity index (χ0) is 11.5. The number of carbonyl (C=O) groups is 1. The van der Waals surface area contributed by atoms with Crippen LogP contribution in [0.15, 0.2) is 24.3 Å². The molecule has 0 aliphatic carbocycles. The summed E-state index contributed by atoms with van der Waals surface area (Å²) in [5, 5.41) is 8.61. The Morgan fingerprint density at radius 1 is 1.20 bits per heavy atom. The fourth-order valence-electron chi connectivity index (χ4n) is 1.09. The van der Waals surface area contributed by atoms with E-state index < -0.39 is 13.6 Å². The molecule has 3 N–H and O–H groups in total. The number of carboxylic acid groups (broad SMARTS) is 1. The van der Waals surface area contributed by atoms with E-state index in [4.69, 9.17) is 14.9 Å². The molecule has 0 bridgehead atoms. The summed E-state index contributed by atoms with van der Waals surface area (Å²) in [6.45, 7) is 0. The first-order valence-corrected chi connectivity index (χ1v) is 6.05. The summed E-state index contributed by atoms with van der Waals surface area (Å²) in [7, 11) is -3.98. The summed E-state index contributed by atoms with van der Waals surface area (Å²) in [6.07, 6.45) is 0.0175. The van der Waals surface area contributed by atoms with Crippen molar-refractivity contribution < 1.29 is 24.3 Å². The Bertz CT molecular complexity index is 391. The van der Waals surface area contributed by atoms with E-state index in [0.29, 0.717) is 5.56 Å². The molecular formula is C9H11O5P. The Kier molecular flexibility index (Phi) is 3.63. The second kappa shape index (κ2) is 4.57. The van der Waals surface area contributed by atoms with E-state index in [1.807, 2.05) is 0 Å². The molecule has 0 saturated heterocycles. The normalized spacial score (nSPS) is 11.3. The highest BCUT2D eigenvalue weighted by Gasteiger charge is 2.12. The third-order valence-corrected chi connectivity index (χ3v) is 2.70. The van der Waals surface area contributed by atoms with Crippen LogP contribution in [-0.4, -0.2) is 27.0 Å². The molecule has 0 fully saturated rings. The van der Waals surface area contributed by atoms with E-state index >= 15 is 0 Å². The Morgan fingerprint density at radius 2 is 1.73 bits per heavy atom. The molecule has 0 atom stereocenters. The lowest BCUT2D eigenvalue weighted by molar-refractivity contribution is 0.0697. The number of aryl methyl sites for hydroxylation is 1. The van der Waals surface area contributed by atoms with Crippen LogP contribution in [0.1, 0.15) is 15.9 Å². The van der Waals surface area contributed by atoms with Gasteiger partial charge in [-0.1, -0.05) is 12.1 Å². The van der Waals surface area contributed by atoms with Crippen LogP contribution in [0, 0.1) is 0 Å². The van der Waals surface area contributed by atoms with Gasteiger partial charge in [0.05, 0.1) is 11.7 Å². The van der Waals surface area contributed by atoms with Crippen molar-refractivity contribution in [3.05, 3.63) is 35.4 Å². The predicted octanol–water partition coefficient (Wildman–Crippen LogP) is 1.10. The van der Waals surface area contributed by atoms with E-state index in [2.05, 4.69) is 0 Å². The molecule has 0 spiro atoms. The van der Waals surface area contributed by atoms with Crippen molar-refractivity contribution >= 4 is 13.6 Å². The van der Waals surface area contributed by atoms with Crippen LogP contribution in [0.4, 0.5) is 0 Å². The van der Waals surface area contributed by atoms with Crippen LogP contribution in [0.2, 0.25) is 0 Å². The van der Waals surface area contributed by atoms with Crippen LogP contribution in [0.3, 0.4) is 0 Å². The summed E-state index contributed by atoms with van der Waals surface area (Å²) >= 11 is 0. The molecule has 5 nitrogen and oxygen atoms in total. The van der Waals surface area contributed by atoms with Crippen LogP contribution in [-0.2, 0) is 11.0 Å². The van der Waals surface area contributed by atoms with Gasteiger partial charge in [-0.3, -0.25) is 4.57 Å². The first kappa shape index (κ1) is 11.9. The molecule has 82 valence electrons. The van der Waals surface area contributed by atoms with E-state index in [9.17, 15) is 9.36 Å². The van der Waals surface area contributed by atoms with Gasteiger partial charge in [-0.25, -0.2) is 4.79 Å². The van der Waals surface area contributed by atoms with Crippen molar-refractivity contribution in [1.82, 2.24) is 0 Å². The average Bonchev–Trinajstić information content (AvgIpc) is 2.14. The van der Waals surface area contributed by atoms with Crippen molar-refractivity contribution in [2.75, 3.05) is 6.16 Å². The van der Waals surface area contributed by atoms with Gasteiger partial charge >= 0.3 is 13.6 Å². The number of hydrogen-bond donors (Lipinski definition) is 3. The fraction of sp³-hybridized carbons (Fsp3) is 0.222. The molecule has 1 rings (SSSR count). The van der Waals surface area contributed by atoms with Crippen LogP contribution in [0.25, 0.3) is 0 Å². The smallest absolute Gasteiger partial charge is 0.335 e. The van der Waals surface area contributed by atoms with Gasteiger partial charge in [0.15, 0.2) is 0 Å². The molecule has 0 aliphatic heterocycles. The molecule has 0 saturated carbocycles. The molecule has 0 heterocycles. The van der Waals surface area contributed by atoms with Crippen LogP contribution < -0.4 is 0 Å². The summed E-state index contributed by atoms with van der Waals surface area (Å²) in [5.41, 5.74) is 0.873. The highest BCUT2D eigenvalue weighted by Crippen LogP contribution is 2.34. The van der Waals surface area contributed by atoms with Gasteiger partial charge < -0.3 is 14.9 Å². The van der Waals surface area contributed by atoms with Crippen molar-refractivity contribution in [2.24, 2.45) is 0 Å². The Labute approximate surface area is 86.5 Å².